The fourth-order valence-electron chi connectivity index (χ4n) is 11.2. The van der Waals surface area contributed by atoms with Gasteiger partial charge in [-0.3, -0.25) is 24.4 Å². The molecule has 21 nitrogen and oxygen atoms in total. The van der Waals surface area contributed by atoms with E-state index in [1.807, 2.05) is 84.9 Å². The second-order valence-corrected chi connectivity index (χ2v) is 22.1. The lowest BCUT2D eigenvalue weighted by Gasteiger charge is -2.30. The summed E-state index contributed by atoms with van der Waals surface area (Å²) in [5.41, 5.74) is 10.5. The Morgan fingerprint density at radius 3 is 1.98 bits per heavy atom. The number of carbonyl (C=O) groups excluding carboxylic acids is 5. The summed E-state index contributed by atoms with van der Waals surface area (Å²) < 4.78 is 38.2. The highest BCUT2D eigenvalue weighted by atomic mass is 16.6. The quantitative estimate of drug-likeness (QED) is 0.0266. The van der Waals surface area contributed by atoms with Crippen molar-refractivity contribution in [2.24, 2.45) is 5.10 Å². The maximum Gasteiger partial charge on any atom is 0.407 e. The monoisotopic (exact) mass is 1220 g/mol. The SMILES string of the molecule is COCCOCCOCCOCCOCCOCCC(=O)NCCCC[C@H](NC(=O)OCC1c2ccccc2-c2ccccc21)C(=O)NCCCCCCN1N=C(c2ccc(NC(=O)N3Cc4ccncc4C3)cc2)CC(c2cccc3ncccc23)C1=O. The van der Waals surface area contributed by atoms with Gasteiger partial charge < -0.3 is 59.3 Å². The third-order valence-electron chi connectivity index (χ3n) is 15.9. The van der Waals surface area contributed by atoms with Crippen LogP contribution in [-0.4, -0.2) is 168 Å². The third-order valence-corrected chi connectivity index (χ3v) is 15.9. The molecule has 89 heavy (non-hydrogen) atoms. The van der Waals surface area contributed by atoms with Gasteiger partial charge in [0.1, 0.15) is 12.6 Å². The van der Waals surface area contributed by atoms with Crippen LogP contribution >= 0.6 is 0 Å². The van der Waals surface area contributed by atoms with Gasteiger partial charge in [-0.2, -0.15) is 5.10 Å². The Kier molecular flexibility index (Phi) is 25.8. The maximum absolute atomic E-state index is 14.4. The van der Waals surface area contributed by atoms with Crippen molar-refractivity contribution in [1.29, 1.82) is 0 Å². The van der Waals surface area contributed by atoms with E-state index in [2.05, 4.69) is 55.5 Å². The molecule has 2 aromatic heterocycles. The summed E-state index contributed by atoms with van der Waals surface area (Å²) in [5.74, 6) is -1.19. The molecule has 1 unspecified atom stereocenters. The van der Waals surface area contributed by atoms with Gasteiger partial charge in [0.15, 0.2) is 0 Å². The van der Waals surface area contributed by atoms with Crippen molar-refractivity contribution in [3.05, 3.63) is 161 Å². The number of hydrogen-bond acceptors (Lipinski definition) is 15. The molecule has 2 aliphatic heterocycles. The molecule has 0 radical (unpaired) electrons. The fourth-order valence-corrected chi connectivity index (χ4v) is 11.2. The summed E-state index contributed by atoms with van der Waals surface area (Å²) >= 11 is 0. The molecule has 472 valence electrons. The van der Waals surface area contributed by atoms with E-state index in [0.717, 1.165) is 74.0 Å². The first-order valence-corrected chi connectivity index (χ1v) is 31.1. The Labute approximate surface area is 520 Å². The molecule has 9 rings (SSSR count). The number of pyridine rings is 2. The van der Waals surface area contributed by atoms with Gasteiger partial charge in [0.2, 0.25) is 11.8 Å². The number of hydrazone groups is 1. The van der Waals surface area contributed by atoms with E-state index in [4.69, 9.17) is 38.3 Å². The van der Waals surface area contributed by atoms with Gasteiger partial charge in [0.05, 0.1) is 89.8 Å². The number of unbranched alkanes of at least 4 members (excludes halogenated alkanes) is 4. The molecule has 3 aliphatic rings. The van der Waals surface area contributed by atoms with Crippen molar-refractivity contribution in [3.63, 3.8) is 0 Å². The number of hydrogen-bond donors (Lipinski definition) is 4. The van der Waals surface area contributed by atoms with Gasteiger partial charge in [0.25, 0.3) is 5.91 Å². The van der Waals surface area contributed by atoms with E-state index in [1.54, 1.807) is 35.6 Å². The molecule has 0 spiro atoms. The highest BCUT2D eigenvalue weighted by molar-refractivity contribution is 6.07. The minimum atomic E-state index is -0.872. The highest BCUT2D eigenvalue weighted by Crippen LogP contribution is 2.44. The maximum atomic E-state index is 14.4. The van der Waals surface area contributed by atoms with Gasteiger partial charge in [-0.25, -0.2) is 14.6 Å². The smallest absolute Gasteiger partial charge is 0.407 e. The summed E-state index contributed by atoms with van der Waals surface area (Å²) in [6.45, 7) is 7.17. The third kappa shape index (κ3) is 19.4. The van der Waals surface area contributed by atoms with Gasteiger partial charge in [-0.15, -0.1) is 0 Å². The van der Waals surface area contributed by atoms with Crippen LogP contribution in [0.5, 0.6) is 0 Å². The first kappa shape index (κ1) is 65.3. The number of amides is 6. The predicted molar refractivity (Wildman–Crippen MR) is 337 cm³/mol. The highest BCUT2D eigenvalue weighted by Gasteiger charge is 2.34. The molecule has 0 bridgehead atoms. The second kappa shape index (κ2) is 35.1. The fraction of sp³-hybridized carbons (Fsp3) is 0.441. The normalized spacial score (nSPS) is 14.6. The van der Waals surface area contributed by atoms with Crippen molar-refractivity contribution >= 4 is 52.1 Å². The Morgan fingerprint density at radius 2 is 1.27 bits per heavy atom. The number of methoxy groups -OCH3 is 1. The van der Waals surface area contributed by atoms with E-state index < -0.39 is 18.1 Å². The van der Waals surface area contributed by atoms with Gasteiger partial charge >= 0.3 is 12.1 Å². The molecule has 6 aromatic rings. The van der Waals surface area contributed by atoms with Gasteiger partial charge in [-0.1, -0.05) is 91.7 Å². The first-order valence-electron chi connectivity index (χ1n) is 31.1. The van der Waals surface area contributed by atoms with Crippen LogP contribution in [0.4, 0.5) is 15.3 Å². The molecule has 0 saturated carbocycles. The molecule has 2 atom stereocenters. The minimum absolute atomic E-state index is 0.0861. The van der Waals surface area contributed by atoms with E-state index in [-0.39, 0.29) is 49.3 Å². The zero-order chi connectivity index (χ0) is 61.8. The van der Waals surface area contributed by atoms with Crippen molar-refractivity contribution in [2.45, 2.75) is 88.8 Å². The molecule has 1 aliphatic carbocycles. The number of anilines is 1. The Balaban J connectivity index is 0.714. The lowest BCUT2D eigenvalue weighted by atomic mass is 9.86. The Morgan fingerprint density at radius 1 is 0.629 bits per heavy atom. The number of urea groups is 1. The number of aromatic nitrogens is 2. The number of nitrogens with one attached hydrogen (secondary N) is 4. The summed E-state index contributed by atoms with van der Waals surface area (Å²) in [7, 11) is 1.63. The predicted octanol–water partition coefficient (Wildman–Crippen LogP) is 8.89. The molecular formula is C68H83N9O12. The van der Waals surface area contributed by atoms with Crippen LogP contribution in [0.1, 0.15) is 103 Å². The number of ether oxygens (including phenoxy) is 7. The molecule has 4 heterocycles. The number of benzene rings is 4. The zero-order valence-electron chi connectivity index (χ0n) is 50.9. The lowest BCUT2D eigenvalue weighted by Crippen LogP contribution is -2.47. The van der Waals surface area contributed by atoms with Crippen molar-refractivity contribution in [3.8, 4) is 11.1 Å². The van der Waals surface area contributed by atoms with Crippen LogP contribution in [0.25, 0.3) is 22.0 Å². The van der Waals surface area contributed by atoms with Crippen LogP contribution in [0, 0.1) is 0 Å². The Bertz CT molecular complexity index is 3220. The number of fused-ring (bicyclic) bond motifs is 5. The lowest BCUT2D eigenvalue weighted by molar-refractivity contribution is -0.133. The topological polar surface area (TPSA) is 243 Å². The van der Waals surface area contributed by atoms with Crippen LogP contribution in [0.2, 0.25) is 0 Å². The van der Waals surface area contributed by atoms with E-state index in [0.29, 0.717) is 143 Å². The van der Waals surface area contributed by atoms with E-state index in [1.165, 1.54) is 0 Å². The average Bonchev–Trinajstić information content (AvgIpc) is 2.13. The molecule has 6 amide bonds. The zero-order valence-corrected chi connectivity index (χ0v) is 50.9. The summed E-state index contributed by atoms with van der Waals surface area (Å²) in [6, 6.07) is 34.5. The molecule has 4 aromatic carbocycles. The average molecular weight is 1220 g/mol. The van der Waals surface area contributed by atoms with Gasteiger partial charge in [-0.05, 0) is 107 Å². The Hall–Kier alpha value is -8.18. The summed E-state index contributed by atoms with van der Waals surface area (Å²) in [6.07, 6.45) is 9.54. The van der Waals surface area contributed by atoms with Crippen LogP contribution in [0.3, 0.4) is 0 Å². The molecule has 0 saturated heterocycles. The van der Waals surface area contributed by atoms with Crippen LogP contribution in [-0.2, 0) is 60.6 Å². The molecular weight excluding hydrogens is 1130 g/mol. The van der Waals surface area contributed by atoms with Crippen molar-refractivity contribution in [1.82, 2.24) is 35.8 Å². The van der Waals surface area contributed by atoms with E-state index >= 15 is 0 Å². The number of carbonyl (C=O) groups is 5. The van der Waals surface area contributed by atoms with Crippen LogP contribution < -0.4 is 21.3 Å². The number of nitrogens with zero attached hydrogens (tertiary/aromatic N) is 5. The molecule has 4 N–H and O–H groups in total. The molecule has 21 heteroatoms. The van der Waals surface area contributed by atoms with Crippen LogP contribution in [0.15, 0.2) is 133 Å². The molecule has 0 fully saturated rings. The standard InChI is InChI=1S/C68H83N9O12/c1-83-34-35-85-38-39-87-42-43-88-41-40-86-37-36-84-33-27-64(78)71-28-10-8-20-62(74-68(82)89-48-60-55-16-6-4-14-53(55)54-15-5-7-17-56(54)60)65(79)72-29-9-2-3-11-32-77-66(80)59(57-18-12-21-61-58(57)19-13-30-70-61)44-63(75-77)49-22-24-52(25-23-49)73-67(81)76-46-50-26-31-69-45-51(50)47-76/h4-7,12-19,21-26,30-31,45,59-60,62H,2-3,8-11,20,27-29,32-44,46-48H2,1H3,(H,71,78)(H,72,79)(H,73,81)(H,74,82)/t59?,62-/m0/s1. The second-order valence-electron chi connectivity index (χ2n) is 22.1. The van der Waals surface area contributed by atoms with Crippen molar-refractivity contribution in [2.75, 3.05) is 111 Å². The largest absolute Gasteiger partial charge is 0.449 e. The minimum Gasteiger partial charge on any atom is -0.449 e. The van der Waals surface area contributed by atoms with E-state index in [9.17, 15) is 24.0 Å². The number of rotatable bonds is 37. The van der Waals surface area contributed by atoms with Crippen molar-refractivity contribution < 1.29 is 57.1 Å². The number of alkyl carbamates (subject to hydrolysis) is 1. The summed E-state index contributed by atoms with van der Waals surface area (Å²) in [5, 5.41) is 19.3. The first-order chi connectivity index (χ1) is 43.7. The van der Waals surface area contributed by atoms with Gasteiger partial charge in [0, 0.05) is 88.3 Å². The summed E-state index contributed by atoms with van der Waals surface area (Å²) in [4.78, 5) is 78.2.